The van der Waals surface area contributed by atoms with E-state index in [1.807, 2.05) is 11.9 Å². The first kappa shape index (κ1) is 8.49. The van der Waals surface area contributed by atoms with Gasteiger partial charge in [-0.2, -0.15) is 0 Å². The first-order valence-electron chi connectivity index (χ1n) is 3.59. The average molecular weight is 159 g/mol. The molecule has 0 saturated carbocycles. The lowest BCUT2D eigenvalue weighted by molar-refractivity contribution is -0.147. The van der Waals surface area contributed by atoms with Crippen LogP contribution in [0.2, 0.25) is 0 Å². The first-order chi connectivity index (χ1) is 5.15. The smallest absolute Gasteiger partial charge is 0.312 e. The van der Waals surface area contributed by atoms with Gasteiger partial charge in [-0.25, -0.2) is 0 Å². The van der Waals surface area contributed by atoms with Gasteiger partial charge in [0.25, 0.3) is 0 Å². The second kappa shape index (κ2) is 3.19. The third-order valence-electron chi connectivity index (χ3n) is 1.98. The van der Waals surface area contributed by atoms with Crippen LogP contribution in [-0.2, 0) is 9.53 Å². The molecule has 0 bridgehead atoms. The number of hydrogen-bond acceptors (Lipinski definition) is 4. The lowest BCUT2D eigenvalue weighted by atomic mass is 10.1. The van der Waals surface area contributed by atoms with Crippen molar-refractivity contribution in [2.24, 2.45) is 5.92 Å². The molecule has 0 aromatic rings. The van der Waals surface area contributed by atoms with Crippen molar-refractivity contribution in [1.82, 2.24) is 4.90 Å². The van der Waals surface area contributed by atoms with E-state index >= 15 is 0 Å². The largest absolute Gasteiger partial charge is 0.469 e. The van der Waals surface area contributed by atoms with Gasteiger partial charge in [-0.05, 0) is 7.05 Å². The van der Waals surface area contributed by atoms with Crippen LogP contribution in [0.15, 0.2) is 0 Å². The molecule has 0 aromatic heterocycles. The van der Waals surface area contributed by atoms with Crippen LogP contribution in [0.5, 0.6) is 0 Å². The van der Waals surface area contributed by atoms with Crippen LogP contribution in [0.3, 0.4) is 0 Å². The Kier molecular flexibility index (Phi) is 2.46. The van der Waals surface area contributed by atoms with E-state index in [-0.39, 0.29) is 11.9 Å². The highest BCUT2D eigenvalue weighted by Crippen LogP contribution is 2.16. The summed E-state index contributed by atoms with van der Waals surface area (Å²) in [7, 11) is 3.21. The highest BCUT2D eigenvalue weighted by molar-refractivity contribution is 5.73. The van der Waals surface area contributed by atoms with E-state index in [1.54, 1.807) is 0 Å². The van der Waals surface area contributed by atoms with Crippen molar-refractivity contribution in [2.45, 2.75) is 6.10 Å². The molecule has 0 aromatic carbocycles. The first-order valence-corrected chi connectivity index (χ1v) is 3.59. The van der Waals surface area contributed by atoms with E-state index in [1.165, 1.54) is 7.11 Å². The molecule has 1 N–H and O–H groups in total. The van der Waals surface area contributed by atoms with Crippen LogP contribution in [0.4, 0.5) is 0 Å². The van der Waals surface area contributed by atoms with Gasteiger partial charge in [0.1, 0.15) is 0 Å². The molecule has 1 saturated heterocycles. The molecule has 0 amide bonds. The third-order valence-corrected chi connectivity index (χ3v) is 1.98. The van der Waals surface area contributed by atoms with Crippen molar-refractivity contribution in [2.75, 3.05) is 27.2 Å². The SMILES string of the molecule is COC(=O)[C@H]1CN(C)C[C@@H]1O. The summed E-state index contributed by atoms with van der Waals surface area (Å²) >= 11 is 0. The monoisotopic (exact) mass is 159 g/mol. The van der Waals surface area contributed by atoms with Gasteiger partial charge in [0.2, 0.25) is 0 Å². The summed E-state index contributed by atoms with van der Waals surface area (Å²) in [5.74, 6) is -0.674. The lowest BCUT2D eigenvalue weighted by Gasteiger charge is -2.09. The minimum atomic E-state index is -0.563. The molecule has 4 heteroatoms. The Hall–Kier alpha value is -0.610. The summed E-state index contributed by atoms with van der Waals surface area (Å²) in [5.41, 5.74) is 0. The van der Waals surface area contributed by atoms with Gasteiger partial charge in [-0.3, -0.25) is 4.79 Å². The Labute approximate surface area is 65.8 Å². The van der Waals surface area contributed by atoms with E-state index in [0.29, 0.717) is 13.1 Å². The Morgan fingerprint density at radius 3 is 2.64 bits per heavy atom. The summed E-state index contributed by atoms with van der Waals surface area (Å²) in [4.78, 5) is 12.9. The van der Waals surface area contributed by atoms with Gasteiger partial charge in [-0.15, -0.1) is 0 Å². The second-order valence-corrected chi connectivity index (χ2v) is 2.92. The van der Waals surface area contributed by atoms with E-state index in [0.717, 1.165) is 0 Å². The summed E-state index contributed by atoms with van der Waals surface area (Å²) in [5, 5.41) is 9.32. The molecule has 1 rings (SSSR count). The van der Waals surface area contributed by atoms with Crippen LogP contribution in [0.25, 0.3) is 0 Å². The van der Waals surface area contributed by atoms with E-state index in [2.05, 4.69) is 4.74 Å². The predicted octanol–water partition coefficient (Wildman–Crippen LogP) is -0.918. The van der Waals surface area contributed by atoms with Crippen molar-refractivity contribution >= 4 is 5.97 Å². The molecule has 0 aliphatic carbocycles. The molecule has 1 aliphatic heterocycles. The predicted molar refractivity (Wildman–Crippen MR) is 39.0 cm³/mol. The Bertz CT molecular complexity index is 160. The fourth-order valence-electron chi connectivity index (χ4n) is 1.36. The summed E-state index contributed by atoms with van der Waals surface area (Å²) < 4.78 is 4.53. The summed E-state index contributed by atoms with van der Waals surface area (Å²) in [6, 6.07) is 0. The van der Waals surface area contributed by atoms with Crippen molar-refractivity contribution in [3.63, 3.8) is 0 Å². The number of aliphatic hydroxyl groups is 1. The minimum Gasteiger partial charge on any atom is -0.469 e. The fraction of sp³-hybridized carbons (Fsp3) is 0.857. The van der Waals surface area contributed by atoms with Crippen LogP contribution in [0.1, 0.15) is 0 Å². The fourth-order valence-corrected chi connectivity index (χ4v) is 1.36. The number of nitrogens with zero attached hydrogens (tertiary/aromatic N) is 1. The van der Waals surface area contributed by atoms with Crippen LogP contribution < -0.4 is 0 Å². The molecule has 0 spiro atoms. The number of methoxy groups -OCH3 is 1. The van der Waals surface area contributed by atoms with Crippen molar-refractivity contribution < 1.29 is 14.6 Å². The number of likely N-dealkylation sites (N-methyl/N-ethyl adjacent to an activating group) is 1. The number of ether oxygens (including phenoxy) is 1. The molecule has 1 aliphatic rings. The molecule has 64 valence electrons. The molecule has 0 unspecified atom stereocenters. The molecule has 4 nitrogen and oxygen atoms in total. The van der Waals surface area contributed by atoms with E-state index in [4.69, 9.17) is 0 Å². The molecule has 1 fully saturated rings. The van der Waals surface area contributed by atoms with Crippen molar-refractivity contribution in [1.29, 1.82) is 0 Å². The molecule has 0 radical (unpaired) electrons. The molecular weight excluding hydrogens is 146 g/mol. The summed E-state index contributed by atoms with van der Waals surface area (Å²) in [6.07, 6.45) is -0.563. The maximum absolute atomic E-state index is 11.0. The molecule has 2 atom stereocenters. The van der Waals surface area contributed by atoms with Crippen LogP contribution in [-0.4, -0.2) is 49.3 Å². The highest BCUT2D eigenvalue weighted by atomic mass is 16.5. The number of rotatable bonds is 1. The van der Waals surface area contributed by atoms with E-state index in [9.17, 15) is 9.90 Å². The standard InChI is InChI=1S/C7H13NO3/c1-8-3-5(6(9)4-8)7(10)11-2/h5-6,9H,3-4H2,1-2H3/t5-,6-/m0/s1. The Morgan fingerprint density at radius 2 is 2.27 bits per heavy atom. The van der Waals surface area contributed by atoms with Crippen LogP contribution >= 0.6 is 0 Å². The maximum Gasteiger partial charge on any atom is 0.312 e. The molecule has 1 heterocycles. The zero-order chi connectivity index (χ0) is 8.43. The zero-order valence-corrected chi connectivity index (χ0v) is 6.78. The minimum absolute atomic E-state index is 0.318. The number of carbonyl (C=O) groups is 1. The number of β-amino-alcohol motifs (C(OH)–C–C–N with tert-alkyl or cyclic N) is 1. The van der Waals surface area contributed by atoms with Gasteiger partial charge in [-0.1, -0.05) is 0 Å². The molecular formula is C7H13NO3. The number of likely N-dealkylation sites (tertiary alicyclic amines) is 1. The topological polar surface area (TPSA) is 49.8 Å². The van der Waals surface area contributed by atoms with Crippen molar-refractivity contribution in [3.8, 4) is 0 Å². The second-order valence-electron chi connectivity index (χ2n) is 2.92. The highest BCUT2D eigenvalue weighted by Gasteiger charge is 2.35. The van der Waals surface area contributed by atoms with E-state index < -0.39 is 6.10 Å². The number of carbonyl (C=O) groups excluding carboxylic acids is 1. The van der Waals surface area contributed by atoms with Gasteiger partial charge in [0, 0.05) is 13.1 Å². The van der Waals surface area contributed by atoms with Gasteiger partial charge in [0.15, 0.2) is 0 Å². The number of hydrogen-bond donors (Lipinski definition) is 1. The summed E-state index contributed by atoms with van der Waals surface area (Å²) in [6.45, 7) is 1.15. The van der Waals surface area contributed by atoms with Crippen molar-refractivity contribution in [3.05, 3.63) is 0 Å². The molecule has 11 heavy (non-hydrogen) atoms. The number of esters is 1. The zero-order valence-electron chi connectivity index (χ0n) is 6.78. The van der Waals surface area contributed by atoms with Gasteiger partial charge < -0.3 is 14.7 Å². The third kappa shape index (κ3) is 1.70. The Balaban J connectivity index is 2.52. The van der Waals surface area contributed by atoms with Crippen LogP contribution in [0, 0.1) is 5.92 Å². The number of aliphatic hydroxyl groups excluding tert-OH is 1. The quantitative estimate of drug-likeness (QED) is 0.503. The maximum atomic E-state index is 11.0. The van der Waals surface area contributed by atoms with Gasteiger partial charge >= 0.3 is 5.97 Å². The average Bonchev–Trinajstić information content (AvgIpc) is 2.28. The normalized spacial score (nSPS) is 32.3. The van der Waals surface area contributed by atoms with Gasteiger partial charge in [0.05, 0.1) is 19.1 Å². The lowest BCUT2D eigenvalue weighted by Crippen LogP contribution is -2.27. The Morgan fingerprint density at radius 1 is 1.64 bits per heavy atom.